The van der Waals surface area contributed by atoms with Gasteiger partial charge in [-0.2, -0.15) is 0 Å². The first-order valence-corrected chi connectivity index (χ1v) is 7.00. The zero-order valence-electron chi connectivity index (χ0n) is 11.0. The van der Waals surface area contributed by atoms with E-state index in [1.165, 1.54) is 36.1 Å². The number of fused-ring (bicyclic) bond motifs is 2. The molecule has 1 heterocycles. The fourth-order valence-corrected chi connectivity index (χ4v) is 3.00. The Labute approximate surface area is 108 Å². The Morgan fingerprint density at radius 1 is 1.17 bits per heavy atom. The normalized spacial score (nSPS) is 15.4. The van der Waals surface area contributed by atoms with Gasteiger partial charge in [0.2, 0.25) is 0 Å². The molecule has 1 aliphatic carbocycles. The number of nitrogens with two attached hydrogens (primary N) is 1. The maximum atomic E-state index is 6.39. The van der Waals surface area contributed by atoms with E-state index in [1.807, 2.05) is 0 Å². The summed E-state index contributed by atoms with van der Waals surface area (Å²) in [7, 11) is 0. The predicted molar refractivity (Wildman–Crippen MR) is 76.8 cm³/mol. The summed E-state index contributed by atoms with van der Waals surface area (Å²) in [6, 6.07) is 6.38. The van der Waals surface area contributed by atoms with Gasteiger partial charge in [0.15, 0.2) is 0 Å². The summed E-state index contributed by atoms with van der Waals surface area (Å²) in [5, 5.41) is 1.15. The Morgan fingerprint density at radius 2 is 2.00 bits per heavy atom. The van der Waals surface area contributed by atoms with Crippen LogP contribution in [0.5, 0.6) is 0 Å². The standard InChI is InChI=1S/C16H20N2/c1-2-11-7-6-9-13-15(17)12-8-4-3-5-10-14(12)18-16(11)13/h6-7,9H,2-5,8,10H2,1H3,(H2,17,18). The molecule has 0 amide bonds. The summed E-state index contributed by atoms with van der Waals surface area (Å²) in [6.45, 7) is 2.18. The number of pyridine rings is 1. The molecule has 0 bridgehead atoms. The number of aryl methyl sites for hydroxylation is 2. The van der Waals surface area contributed by atoms with Crippen molar-refractivity contribution < 1.29 is 0 Å². The molecule has 18 heavy (non-hydrogen) atoms. The van der Waals surface area contributed by atoms with Crippen LogP contribution in [0.4, 0.5) is 5.69 Å². The fourth-order valence-electron chi connectivity index (χ4n) is 3.00. The number of nitrogens with zero attached hydrogens (tertiary/aromatic N) is 1. The van der Waals surface area contributed by atoms with E-state index < -0.39 is 0 Å². The van der Waals surface area contributed by atoms with Crippen LogP contribution in [0.1, 0.15) is 43.0 Å². The van der Waals surface area contributed by atoms with E-state index >= 15 is 0 Å². The van der Waals surface area contributed by atoms with E-state index in [9.17, 15) is 0 Å². The van der Waals surface area contributed by atoms with Gasteiger partial charge < -0.3 is 5.73 Å². The number of anilines is 1. The zero-order valence-corrected chi connectivity index (χ0v) is 11.0. The van der Waals surface area contributed by atoms with Crippen molar-refractivity contribution in [3.05, 3.63) is 35.0 Å². The molecule has 1 aromatic carbocycles. The SMILES string of the molecule is CCc1cccc2c(N)c3c(nc12)CCCCC3. The molecule has 0 saturated heterocycles. The van der Waals surface area contributed by atoms with Crippen molar-refractivity contribution >= 4 is 16.6 Å². The van der Waals surface area contributed by atoms with Gasteiger partial charge in [-0.3, -0.25) is 4.98 Å². The Morgan fingerprint density at radius 3 is 2.83 bits per heavy atom. The van der Waals surface area contributed by atoms with Gasteiger partial charge in [0.25, 0.3) is 0 Å². The number of hydrogen-bond acceptors (Lipinski definition) is 2. The summed E-state index contributed by atoms with van der Waals surface area (Å²) in [5.41, 5.74) is 12.4. The van der Waals surface area contributed by atoms with Crippen molar-refractivity contribution in [1.29, 1.82) is 0 Å². The van der Waals surface area contributed by atoms with Gasteiger partial charge in [-0.15, -0.1) is 0 Å². The lowest BCUT2D eigenvalue weighted by Gasteiger charge is -2.13. The van der Waals surface area contributed by atoms with E-state index in [4.69, 9.17) is 10.7 Å². The molecular weight excluding hydrogens is 220 g/mol. The van der Waals surface area contributed by atoms with Gasteiger partial charge in [-0.1, -0.05) is 31.5 Å². The van der Waals surface area contributed by atoms with Crippen LogP contribution in [0.2, 0.25) is 0 Å². The molecule has 0 spiro atoms. The van der Waals surface area contributed by atoms with Gasteiger partial charge in [0, 0.05) is 16.8 Å². The molecule has 3 rings (SSSR count). The van der Waals surface area contributed by atoms with Crippen molar-refractivity contribution in [2.24, 2.45) is 0 Å². The molecule has 1 aromatic heterocycles. The Bertz CT molecular complexity index is 587. The molecule has 94 valence electrons. The molecule has 0 saturated carbocycles. The van der Waals surface area contributed by atoms with Crippen molar-refractivity contribution in [3.8, 4) is 0 Å². The van der Waals surface area contributed by atoms with Gasteiger partial charge in [-0.25, -0.2) is 0 Å². The van der Waals surface area contributed by atoms with Gasteiger partial charge in [0.1, 0.15) is 0 Å². The summed E-state index contributed by atoms with van der Waals surface area (Å²) in [5.74, 6) is 0. The van der Waals surface area contributed by atoms with Crippen LogP contribution in [-0.2, 0) is 19.3 Å². The lowest BCUT2D eigenvalue weighted by molar-refractivity contribution is 0.709. The topological polar surface area (TPSA) is 38.9 Å². The third-order valence-corrected chi connectivity index (χ3v) is 4.05. The largest absolute Gasteiger partial charge is 0.398 e. The first kappa shape index (κ1) is 11.5. The number of rotatable bonds is 1. The zero-order chi connectivity index (χ0) is 12.5. The molecule has 2 nitrogen and oxygen atoms in total. The van der Waals surface area contributed by atoms with E-state index in [-0.39, 0.29) is 0 Å². The molecule has 2 aromatic rings. The van der Waals surface area contributed by atoms with Crippen molar-refractivity contribution in [2.75, 3.05) is 5.73 Å². The van der Waals surface area contributed by atoms with E-state index in [2.05, 4.69) is 25.1 Å². The number of benzene rings is 1. The molecule has 2 heteroatoms. The van der Waals surface area contributed by atoms with Gasteiger partial charge in [-0.05, 0) is 43.2 Å². The molecule has 0 aliphatic heterocycles. The van der Waals surface area contributed by atoms with Crippen LogP contribution in [0, 0.1) is 0 Å². The third-order valence-electron chi connectivity index (χ3n) is 4.05. The minimum absolute atomic E-state index is 0.979. The highest BCUT2D eigenvalue weighted by molar-refractivity contribution is 5.94. The van der Waals surface area contributed by atoms with Crippen molar-refractivity contribution in [2.45, 2.75) is 45.4 Å². The molecule has 0 atom stereocenters. The molecule has 0 fully saturated rings. The summed E-state index contributed by atoms with van der Waals surface area (Å²) in [6.07, 6.45) is 7.00. The Balaban J connectivity index is 2.31. The minimum atomic E-state index is 0.979. The molecule has 0 unspecified atom stereocenters. The number of hydrogen-bond donors (Lipinski definition) is 1. The van der Waals surface area contributed by atoms with Gasteiger partial charge >= 0.3 is 0 Å². The average Bonchev–Trinajstić information content (AvgIpc) is 2.64. The van der Waals surface area contributed by atoms with Crippen LogP contribution >= 0.6 is 0 Å². The summed E-state index contributed by atoms with van der Waals surface area (Å²) >= 11 is 0. The lowest BCUT2D eigenvalue weighted by Crippen LogP contribution is -2.04. The smallest absolute Gasteiger partial charge is 0.0758 e. The average molecular weight is 240 g/mol. The highest BCUT2D eigenvalue weighted by Crippen LogP contribution is 2.31. The van der Waals surface area contributed by atoms with E-state index in [0.717, 1.165) is 35.9 Å². The monoisotopic (exact) mass is 240 g/mol. The third kappa shape index (κ3) is 1.76. The van der Waals surface area contributed by atoms with Crippen LogP contribution in [0.25, 0.3) is 10.9 Å². The number of para-hydroxylation sites is 1. The maximum absolute atomic E-state index is 6.39. The van der Waals surface area contributed by atoms with E-state index in [1.54, 1.807) is 0 Å². The van der Waals surface area contributed by atoms with Crippen LogP contribution in [0.15, 0.2) is 18.2 Å². The van der Waals surface area contributed by atoms with Crippen molar-refractivity contribution in [1.82, 2.24) is 4.98 Å². The Kier molecular flexibility index (Phi) is 2.94. The molecule has 2 N–H and O–H groups in total. The second-order valence-electron chi connectivity index (χ2n) is 5.18. The molecule has 0 radical (unpaired) electrons. The number of aromatic nitrogens is 1. The van der Waals surface area contributed by atoms with Gasteiger partial charge in [0.05, 0.1) is 5.52 Å². The highest BCUT2D eigenvalue weighted by atomic mass is 14.7. The fraction of sp³-hybridized carbons (Fsp3) is 0.438. The molecule has 1 aliphatic rings. The van der Waals surface area contributed by atoms with Crippen LogP contribution in [0.3, 0.4) is 0 Å². The quantitative estimate of drug-likeness (QED) is 0.773. The molecular formula is C16H20N2. The second kappa shape index (κ2) is 4.60. The number of nitrogen functional groups attached to an aromatic ring is 1. The summed E-state index contributed by atoms with van der Waals surface area (Å²) in [4.78, 5) is 4.93. The van der Waals surface area contributed by atoms with Crippen LogP contribution < -0.4 is 5.73 Å². The maximum Gasteiger partial charge on any atom is 0.0758 e. The van der Waals surface area contributed by atoms with Crippen LogP contribution in [-0.4, -0.2) is 4.98 Å². The van der Waals surface area contributed by atoms with E-state index in [0.29, 0.717) is 0 Å². The predicted octanol–water partition coefficient (Wildman–Crippen LogP) is 3.65. The minimum Gasteiger partial charge on any atom is -0.398 e. The summed E-state index contributed by atoms with van der Waals surface area (Å²) < 4.78 is 0. The second-order valence-corrected chi connectivity index (χ2v) is 5.18. The first-order chi connectivity index (χ1) is 8.81. The lowest BCUT2D eigenvalue weighted by atomic mass is 9.99. The van der Waals surface area contributed by atoms with Crippen molar-refractivity contribution in [3.63, 3.8) is 0 Å². The first-order valence-electron chi connectivity index (χ1n) is 7.00. The Hall–Kier alpha value is -1.57. The highest BCUT2D eigenvalue weighted by Gasteiger charge is 2.16.